The Morgan fingerprint density at radius 2 is 2.20 bits per heavy atom. The monoisotopic (exact) mass is 290 g/mol. The van der Waals surface area contributed by atoms with Crippen molar-refractivity contribution in [3.8, 4) is 6.07 Å². The van der Waals surface area contributed by atoms with Crippen LogP contribution in [-0.2, 0) is 0 Å². The summed E-state index contributed by atoms with van der Waals surface area (Å²) in [6.07, 6.45) is 5.20. The molecule has 1 N–H and O–H groups in total. The molecule has 3 rings (SSSR count). The van der Waals surface area contributed by atoms with E-state index < -0.39 is 5.60 Å². The number of benzene rings is 1. The molecule has 2 atom stereocenters. The summed E-state index contributed by atoms with van der Waals surface area (Å²) >= 11 is 6.30. The summed E-state index contributed by atoms with van der Waals surface area (Å²) in [6.45, 7) is 1.70. The molecule has 1 aliphatic carbocycles. The van der Waals surface area contributed by atoms with Gasteiger partial charge in [0.05, 0.1) is 27.9 Å². The molecule has 0 radical (unpaired) electrons. The second-order valence-corrected chi connectivity index (χ2v) is 6.43. The summed E-state index contributed by atoms with van der Waals surface area (Å²) < 4.78 is 0. The summed E-state index contributed by atoms with van der Waals surface area (Å²) in [4.78, 5) is 2.26. The summed E-state index contributed by atoms with van der Waals surface area (Å²) in [5.74, 6) is 0.344. The molecule has 2 fully saturated rings. The number of piperidine rings is 1. The Morgan fingerprint density at radius 3 is 2.95 bits per heavy atom. The van der Waals surface area contributed by atoms with E-state index in [4.69, 9.17) is 16.9 Å². The third-order valence-corrected chi connectivity index (χ3v) is 5.15. The lowest BCUT2D eigenvalue weighted by atomic mass is 9.71. The van der Waals surface area contributed by atoms with E-state index >= 15 is 0 Å². The maximum Gasteiger partial charge on any atom is 0.0992 e. The van der Waals surface area contributed by atoms with Crippen LogP contribution < -0.4 is 4.90 Å². The van der Waals surface area contributed by atoms with Crippen molar-refractivity contribution >= 4 is 17.3 Å². The standard InChI is InChI=1S/C16H19ClN2O/c17-14-9-12(10-18)4-5-15(14)19-8-7-16(20)6-2-1-3-13(16)11-19/h4-5,9,13,20H,1-3,6-8,11H2. The van der Waals surface area contributed by atoms with Crippen LogP contribution in [0.5, 0.6) is 0 Å². The van der Waals surface area contributed by atoms with Gasteiger partial charge in [-0.15, -0.1) is 0 Å². The highest BCUT2D eigenvalue weighted by Crippen LogP contribution is 2.41. The summed E-state index contributed by atoms with van der Waals surface area (Å²) in [5.41, 5.74) is 1.11. The molecular weight excluding hydrogens is 272 g/mol. The van der Waals surface area contributed by atoms with Crippen molar-refractivity contribution in [1.29, 1.82) is 5.26 Å². The fourth-order valence-electron chi connectivity index (χ4n) is 3.62. The smallest absolute Gasteiger partial charge is 0.0992 e. The van der Waals surface area contributed by atoms with Crippen molar-refractivity contribution in [2.45, 2.75) is 37.7 Å². The minimum Gasteiger partial charge on any atom is -0.389 e. The molecule has 1 heterocycles. The number of nitriles is 1. The lowest BCUT2D eigenvalue weighted by molar-refractivity contribution is -0.0612. The van der Waals surface area contributed by atoms with E-state index in [0.717, 1.165) is 44.5 Å². The molecule has 106 valence electrons. The van der Waals surface area contributed by atoms with Crippen LogP contribution in [0.3, 0.4) is 0 Å². The van der Waals surface area contributed by atoms with Gasteiger partial charge in [-0.2, -0.15) is 5.26 Å². The van der Waals surface area contributed by atoms with Crippen LogP contribution >= 0.6 is 11.6 Å². The van der Waals surface area contributed by atoms with Crippen molar-refractivity contribution < 1.29 is 5.11 Å². The maximum atomic E-state index is 10.7. The molecule has 1 aromatic carbocycles. The van der Waals surface area contributed by atoms with Gasteiger partial charge in [0.15, 0.2) is 0 Å². The van der Waals surface area contributed by atoms with Gasteiger partial charge >= 0.3 is 0 Å². The van der Waals surface area contributed by atoms with Gasteiger partial charge in [-0.3, -0.25) is 0 Å². The topological polar surface area (TPSA) is 47.3 Å². The number of fused-ring (bicyclic) bond motifs is 1. The normalized spacial score (nSPS) is 29.6. The minimum atomic E-state index is -0.464. The molecule has 0 amide bonds. The average Bonchev–Trinajstić information content (AvgIpc) is 2.46. The van der Waals surface area contributed by atoms with Crippen molar-refractivity contribution in [3.63, 3.8) is 0 Å². The first-order valence-electron chi connectivity index (χ1n) is 7.29. The molecular formula is C16H19ClN2O. The van der Waals surface area contributed by atoms with E-state index in [1.54, 1.807) is 6.07 Å². The van der Waals surface area contributed by atoms with E-state index in [1.807, 2.05) is 12.1 Å². The van der Waals surface area contributed by atoms with Crippen LogP contribution in [0.4, 0.5) is 5.69 Å². The van der Waals surface area contributed by atoms with Gasteiger partial charge in [0.1, 0.15) is 0 Å². The van der Waals surface area contributed by atoms with Crippen LogP contribution in [0.1, 0.15) is 37.7 Å². The predicted octanol–water partition coefficient (Wildman–Crippen LogP) is 3.34. The van der Waals surface area contributed by atoms with Crippen LogP contribution in [0, 0.1) is 17.2 Å². The van der Waals surface area contributed by atoms with Crippen molar-refractivity contribution in [1.82, 2.24) is 0 Å². The molecule has 4 heteroatoms. The molecule has 1 saturated heterocycles. The largest absolute Gasteiger partial charge is 0.389 e. The zero-order valence-electron chi connectivity index (χ0n) is 11.5. The zero-order chi connectivity index (χ0) is 14.2. The van der Waals surface area contributed by atoms with E-state index in [9.17, 15) is 5.11 Å². The predicted molar refractivity (Wildman–Crippen MR) is 79.9 cm³/mol. The zero-order valence-corrected chi connectivity index (χ0v) is 12.2. The summed E-state index contributed by atoms with van der Waals surface area (Å²) in [6, 6.07) is 7.56. The SMILES string of the molecule is N#Cc1ccc(N2CCC3(O)CCCCC3C2)c(Cl)c1. The molecule has 0 spiro atoms. The molecule has 2 unspecified atom stereocenters. The van der Waals surface area contributed by atoms with Gasteiger partial charge in [0, 0.05) is 19.0 Å². The molecule has 20 heavy (non-hydrogen) atoms. The quantitative estimate of drug-likeness (QED) is 0.863. The number of aliphatic hydroxyl groups is 1. The lowest BCUT2D eigenvalue weighted by Crippen LogP contribution is -2.53. The van der Waals surface area contributed by atoms with Crippen LogP contribution in [0.2, 0.25) is 5.02 Å². The minimum absolute atomic E-state index is 0.344. The molecule has 1 aliphatic heterocycles. The fourth-order valence-corrected chi connectivity index (χ4v) is 3.92. The maximum absolute atomic E-state index is 10.7. The van der Waals surface area contributed by atoms with Gasteiger partial charge in [-0.05, 0) is 37.5 Å². The lowest BCUT2D eigenvalue weighted by Gasteiger charge is -2.48. The Hall–Kier alpha value is -1.24. The van der Waals surface area contributed by atoms with Crippen molar-refractivity contribution in [2.75, 3.05) is 18.0 Å². The number of anilines is 1. The molecule has 3 nitrogen and oxygen atoms in total. The Kier molecular flexibility index (Phi) is 3.62. The van der Waals surface area contributed by atoms with E-state index in [2.05, 4.69) is 11.0 Å². The second-order valence-electron chi connectivity index (χ2n) is 6.02. The first-order chi connectivity index (χ1) is 9.62. The Bertz CT molecular complexity index is 554. The van der Waals surface area contributed by atoms with Gasteiger partial charge in [-0.1, -0.05) is 24.4 Å². The van der Waals surface area contributed by atoms with Crippen molar-refractivity contribution in [3.05, 3.63) is 28.8 Å². The molecule has 0 bridgehead atoms. The first-order valence-corrected chi connectivity index (χ1v) is 7.67. The van der Waals surface area contributed by atoms with E-state index in [0.29, 0.717) is 16.5 Å². The molecule has 1 aromatic rings. The van der Waals surface area contributed by atoms with Crippen molar-refractivity contribution in [2.24, 2.45) is 5.92 Å². The second kappa shape index (κ2) is 5.27. The Labute approximate surface area is 124 Å². The molecule has 0 aromatic heterocycles. The van der Waals surface area contributed by atoms with Crippen LogP contribution in [0.15, 0.2) is 18.2 Å². The van der Waals surface area contributed by atoms with Gasteiger partial charge in [-0.25, -0.2) is 0 Å². The number of hydrogen-bond donors (Lipinski definition) is 1. The number of hydrogen-bond acceptors (Lipinski definition) is 3. The highest BCUT2D eigenvalue weighted by atomic mass is 35.5. The van der Waals surface area contributed by atoms with E-state index in [-0.39, 0.29) is 0 Å². The Balaban J connectivity index is 1.81. The highest BCUT2D eigenvalue weighted by Gasteiger charge is 2.42. The Morgan fingerprint density at radius 1 is 1.35 bits per heavy atom. The number of nitrogens with zero attached hydrogens (tertiary/aromatic N) is 2. The number of rotatable bonds is 1. The summed E-state index contributed by atoms with van der Waals surface area (Å²) in [7, 11) is 0. The third-order valence-electron chi connectivity index (χ3n) is 4.85. The highest BCUT2D eigenvalue weighted by molar-refractivity contribution is 6.33. The van der Waals surface area contributed by atoms with Gasteiger partial charge in [0.25, 0.3) is 0 Å². The fraction of sp³-hybridized carbons (Fsp3) is 0.562. The summed E-state index contributed by atoms with van der Waals surface area (Å²) in [5, 5.41) is 20.2. The van der Waals surface area contributed by atoms with Crippen LogP contribution in [-0.4, -0.2) is 23.8 Å². The first kappa shape index (κ1) is 13.7. The van der Waals surface area contributed by atoms with Gasteiger partial charge in [0.2, 0.25) is 0 Å². The average molecular weight is 291 g/mol. The van der Waals surface area contributed by atoms with Crippen LogP contribution in [0.25, 0.3) is 0 Å². The molecule has 2 aliphatic rings. The van der Waals surface area contributed by atoms with E-state index in [1.165, 1.54) is 6.42 Å². The third kappa shape index (κ3) is 2.39. The molecule has 1 saturated carbocycles. The number of halogens is 1. The van der Waals surface area contributed by atoms with Gasteiger partial charge < -0.3 is 10.0 Å².